The number of carboxylic acid groups (broad SMARTS) is 1. The van der Waals surface area contributed by atoms with Gasteiger partial charge in [0.15, 0.2) is 0 Å². The molecule has 1 heterocycles. The summed E-state index contributed by atoms with van der Waals surface area (Å²) in [6, 6.07) is -0.0382. The highest BCUT2D eigenvalue weighted by atomic mass is 32.2. The van der Waals surface area contributed by atoms with Gasteiger partial charge in [0.05, 0.1) is 7.11 Å². The van der Waals surface area contributed by atoms with Gasteiger partial charge < -0.3 is 9.84 Å². The van der Waals surface area contributed by atoms with E-state index >= 15 is 0 Å². The van der Waals surface area contributed by atoms with Gasteiger partial charge in [-0.25, -0.2) is 13.2 Å². The molecule has 1 rings (SSSR count). The Labute approximate surface area is 120 Å². The van der Waals surface area contributed by atoms with Gasteiger partial charge in [0.25, 0.3) is 0 Å². The van der Waals surface area contributed by atoms with Crippen molar-refractivity contribution in [3.8, 4) is 0 Å². The number of nitrogens with one attached hydrogen (secondary N) is 1. The molecule has 9 heteroatoms. The molecule has 0 aliphatic rings. The summed E-state index contributed by atoms with van der Waals surface area (Å²) in [6.45, 7) is 3.16. The van der Waals surface area contributed by atoms with Gasteiger partial charge >= 0.3 is 11.9 Å². The van der Waals surface area contributed by atoms with Gasteiger partial charge in [0.2, 0.25) is 10.0 Å². The molecule has 0 radical (unpaired) electrons. The number of thiophene rings is 1. The number of hydrogen-bond acceptors (Lipinski definition) is 6. The van der Waals surface area contributed by atoms with Crippen LogP contribution in [0.15, 0.2) is 16.3 Å². The summed E-state index contributed by atoms with van der Waals surface area (Å²) in [5, 5.41) is 10.4. The lowest BCUT2D eigenvalue weighted by atomic mass is 10.1. The van der Waals surface area contributed by atoms with Crippen molar-refractivity contribution >= 4 is 33.3 Å². The fraction of sp³-hybridized carbons (Fsp3) is 0.455. The molecule has 0 unspecified atom stereocenters. The number of methoxy groups -OCH3 is 1. The second-order valence-electron chi connectivity index (χ2n) is 4.29. The van der Waals surface area contributed by atoms with Crippen molar-refractivity contribution in [3.05, 3.63) is 16.3 Å². The first-order valence-electron chi connectivity index (χ1n) is 5.61. The van der Waals surface area contributed by atoms with E-state index in [1.807, 2.05) is 0 Å². The summed E-state index contributed by atoms with van der Waals surface area (Å²) in [7, 11) is -2.97. The predicted molar refractivity (Wildman–Crippen MR) is 72.2 cm³/mol. The molecule has 0 amide bonds. The predicted octanol–water partition coefficient (Wildman–Crippen LogP) is 0.922. The minimum atomic E-state index is -4.11. The van der Waals surface area contributed by atoms with Crippen LogP contribution >= 0.6 is 11.3 Å². The second-order valence-corrected chi connectivity index (χ2v) is 6.89. The summed E-state index contributed by atoms with van der Waals surface area (Å²) in [5.74, 6) is -2.50. The Balaban J connectivity index is 3.15. The maximum atomic E-state index is 12.2. The maximum Gasteiger partial charge on any atom is 0.349 e. The number of esters is 1. The van der Waals surface area contributed by atoms with Crippen LogP contribution in [0.2, 0.25) is 0 Å². The van der Waals surface area contributed by atoms with Crippen molar-refractivity contribution in [2.24, 2.45) is 5.92 Å². The average Bonchev–Trinajstić information content (AvgIpc) is 2.84. The van der Waals surface area contributed by atoms with Crippen LogP contribution in [-0.4, -0.2) is 38.6 Å². The molecule has 1 aromatic rings. The van der Waals surface area contributed by atoms with Gasteiger partial charge in [-0.2, -0.15) is 4.72 Å². The van der Waals surface area contributed by atoms with E-state index in [-0.39, 0.29) is 9.77 Å². The van der Waals surface area contributed by atoms with Crippen molar-refractivity contribution in [2.75, 3.05) is 7.11 Å². The molecular weight excluding hydrogens is 306 g/mol. The standard InChI is InChI=1S/C11H15NO6S2/c1-6(2)8(10(13)14)12-20(16,17)7-4-5-19-9(7)11(15)18-3/h4-6,8,12H,1-3H3,(H,13,14)/t8-/m1/s1. The Morgan fingerprint density at radius 3 is 2.45 bits per heavy atom. The molecule has 0 bridgehead atoms. The van der Waals surface area contributed by atoms with Crippen LogP contribution in [-0.2, 0) is 19.6 Å². The summed E-state index contributed by atoms with van der Waals surface area (Å²) >= 11 is 0.912. The fourth-order valence-corrected chi connectivity index (χ4v) is 4.13. The van der Waals surface area contributed by atoms with Gasteiger partial charge in [-0.15, -0.1) is 11.3 Å². The molecule has 1 aromatic heterocycles. The van der Waals surface area contributed by atoms with Crippen molar-refractivity contribution in [1.29, 1.82) is 0 Å². The van der Waals surface area contributed by atoms with Crippen LogP contribution in [0.4, 0.5) is 0 Å². The SMILES string of the molecule is COC(=O)c1sccc1S(=O)(=O)N[C@@H](C(=O)O)C(C)C. The van der Waals surface area contributed by atoms with Gasteiger partial charge in [-0.3, -0.25) is 4.79 Å². The molecule has 1 atom stereocenters. The minimum Gasteiger partial charge on any atom is -0.480 e. The zero-order valence-electron chi connectivity index (χ0n) is 11.1. The average molecular weight is 321 g/mol. The van der Waals surface area contributed by atoms with Crippen LogP contribution in [0.25, 0.3) is 0 Å². The lowest BCUT2D eigenvalue weighted by Gasteiger charge is -2.17. The first-order valence-corrected chi connectivity index (χ1v) is 7.98. The van der Waals surface area contributed by atoms with E-state index in [1.54, 1.807) is 13.8 Å². The van der Waals surface area contributed by atoms with Gasteiger partial charge in [-0.05, 0) is 17.4 Å². The number of carbonyl (C=O) groups is 2. The molecule has 112 valence electrons. The first-order chi connectivity index (χ1) is 9.20. The Hall–Kier alpha value is -1.45. The Bertz CT molecular complexity index is 604. The van der Waals surface area contributed by atoms with E-state index in [1.165, 1.54) is 11.4 Å². The highest BCUT2D eigenvalue weighted by Gasteiger charge is 2.31. The van der Waals surface area contributed by atoms with Gasteiger partial charge in [-0.1, -0.05) is 13.8 Å². The second kappa shape index (κ2) is 6.33. The highest BCUT2D eigenvalue weighted by Crippen LogP contribution is 2.23. The van der Waals surface area contributed by atoms with E-state index in [9.17, 15) is 18.0 Å². The number of carboxylic acids is 1. The Kier molecular flexibility index (Phi) is 5.26. The van der Waals surface area contributed by atoms with Crippen molar-refractivity contribution < 1.29 is 27.9 Å². The van der Waals surface area contributed by atoms with Crippen LogP contribution < -0.4 is 4.72 Å². The van der Waals surface area contributed by atoms with Crippen LogP contribution in [0.3, 0.4) is 0 Å². The molecule has 2 N–H and O–H groups in total. The topological polar surface area (TPSA) is 110 Å². The molecule has 0 aliphatic heterocycles. The highest BCUT2D eigenvalue weighted by molar-refractivity contribution is 7.89. The van der Waals surface area contributed by atoms with Crippen LogP contribution in [0.5, 0.6) is 0 Å². The largest absolute Gasteiger partial charge is 0.480 e. The Morgan fingerprint density at radius 1 is 1.40 bits per heavy atom. The molecule has 0 aliphatic carbocycles. The van der Waals surface area contributed by atoms with E-state index in [2.05, 4.69) is 9.46 Å². The zero-order valence-corrected chi connectivity index (χ0v) is 12.7. The monoisotopic (exact) mass is 321 g/mol. The van der Waals surface area contributed by atoms with E-state index in [4.69, 9.17) is 5.11 Å². The smallest absolute Gasteiger partial charge is 0.349 e. The third-order valence-electron chi connectivity index (χ3n) is 2.50. The molecule has 20 heavy (non-hydrogen) atoms. The molecule has 0 aromatic carbocycles. The number of aliphatic carboxylic acids is 1. The molecule has 0 spiro atoms. The molecule has 0 saturated heterocycles. The van der Waals surface area contributed by atoms with Crippen molar-refractivity contribution in [1.82, 2.24) is 4.72 Å². The maximum absolute atomic E-state index is 12.2. The summed E-state index contributed by atoms with van der Waals surface area (Å²) in [4.78, 5) is 22.2. The third-order valence-corrected chi connectivity index (χ3v) is 5.01. The van der Waals surface area contributed by atoms with Gasteiger partial charge in [0.1, 0.15) is 15.8 Å². The Morgan fingerprint density at radius 2 is 2.00 bits per heavy atom. The molecular formula is C11H15NO6S2. The molecule has 0 fully saturated rings. The molecule has 0 saturated carbocycles. The van der Waals surface area contributed by atoms with Gasteiger partial charge in [0, 0.05) is 0 Å². The van der Waals surface area contributed by atoms with Crippen molar-refractivity contribution in [3.63, 3.8) is 0 Å². The lowest BCUT2D eigenvalue weighted by Crippen LogP contribution is -2.44. The lowest BCUT2D eigenvalue weighted by molar-refractivity contribution is -0.140. The number of hydrogen-bond donors (Lipinski definition) is 2. The van der Waals surface area contributed by atoms with Crippen molar-refractivity contribution in [2.45, 2.75) is 24.8 Å². The summed E-state index contributed by atoms with van der Waals surface area (Å²) in [6.07, 6.45) is 0. The normalized spacial score (nSPS) is 13.2. The fourth-order valence-electron chi connectivity index (χ4n) is 1.45. The molecule has 7 nitrogen and oxygen atoms in total. The zero-order chi connectivity index (χ0) is 15.5. The summed E-state index contributed by atoms with van der Waals surface area (Å²) < 4.78 is 30.9. The third kappa shape index (κ3) is 3.56. The van der Waals surface area contributed by atoms with E-state index < -0.39 is 33.9 Å². The van der Waals surface area contributed by atoms with E-state index in [0.29, 0.717) is 0 Å². The number of rotatable bonds is 6. The first kappa shape index (κ1) is 16.6. The number of carbonyl (C=O) groups excluding carboxylic acids is 1. The quantitative estimate of drug-likeness (QED) is 0.754. The number of ether oxygens (including phenoxy) is 1. The minimum absolute atomic E-state index is 0.0899. The van der Waals surface area contributed by atoms with E-state index in [0.717, 1.165) is 18.4 Å². The summed E-state index contributed by atoms with van der Waals surface area (Å²) in [5.41, 5.74) is 0. The van der Waals surface area contributed by atoms with Crippen LogP contribution in [0, 0.1) is 5.92 Å². The van der Waals surface area contributed by atoms with Crippen LogP contribution in [0.1, 0.15) is 23.5 Å². The number of sulfonamides is 1.